The van der Waals surface area contributed by atoms with Gasteiger partial charge < -0.3 is 15.5 Å². The fourth-order valence-electron chi connectivity index (χ4n) is 2.55. The lowest BCUT2D eigenvalue weighted by Crippen LogP contribution is -2.34. The first kappa shape index (κ1) is 13.1. The molecule has 0 bridgehead atoms. The summed E-state index contributed by atoms with van der Waals surface area (Å²) in [6.07, 6.45) is 5.63. The van der Waals surface area contributed by atoms with Gasteiger partial charge in [0.05, 0.1) is 12.7 Å². The van der Waals surface area contributed by atoms with Crippen molar-refractivity contribution in [3.63, 3.8) is 0 Å². The van der Waals surface area contributed by atoms with Crippen molar-refractivity contribution in [1.29, 1.82) is 0 Å². The summed E-state index contributed by atoms with van der Waals surface area (Å²) in [5.74, 6) is 1.90. The summed E-state index contributed by atoms with van der Waals surface area (Å²) in [5.41, 5.74) is 5.68. The zero-order valence-electron chi connectivity index (χ0n) is 10.8. The molecule has 1 aliphatic rings. The van der Waals surface area contributed by atoms with Crippen LogP contribution < -0.4 is 11.1 Å². The first-order valence-corrected chi connectivity index (χ1v) is 6.66. The summed E-state index contributed by atoms with van der Waals surface area (Å²) in [5, 5.41) is 2.89. The Labute approximate surface area is 107 Å². The van der Waals surface area contributed by atoms with Crippen LogP contribution in [0.4, 0.5) is 0 Å². The van der Waals surface area contributed by atoms with Crippen LogP contribution in [0.2, 0.25) is 0 Å². The van der Waals surface area contributed by atoms with E-state index in [1.165, 1.54) is 0 Å². The minimum atomic E-state index is 0.0654. The van der Waals surface area contributed by atoms with Crippen LogP contribution in [0.1, 0.15) is 37.8 Å². The topological polar surface area (TPSA) is 81.2 Å². The zero-order valence-corrected chi connectivity index (χ0v) is 10.8. The van der Waals surface area contributed by atoms with Crippen LogP contribution in [0.15, 0.2) is 10.6 Å². The number of nitrogens with zero attached hydrogens (tertiary/aromatic N) is 1. The summed E-state index contributed by atoms with van der Waals surface area (Å²) in [6, 6.07) is 0. The molecule has 1 aromatic heterocycles. The number of amides is 1. The van der Waals surface area contributed by atoms with Gasteiger partial charge in [-0.2, -0.15) is 0 Å². The molecule has 2 rings (SSSR count). The molecule has 0 spiro atoms. The van der Waals surface area contributed by atoms with E-state index in [2.05, 4.69) is 10.3 Å². The normalized spacial score (nSPS) is 23.2. The van der Waals surface area contributed by atoms with Gasteiger partial charge in [-0.1, -0.05) is 13.3 Å². The number of oxazole rings is 1. The van der Waals surface area contributed by atoms with E-state index in [9.17, 15) is 4.79 Å². The molecule has 18 heavy (non-hydrogen) atoms. The molecule has 1 amide bonds. The fraction of sp³-hybridized carbons (Fsp3) is 0.692. The second-order valence-electron chi connectivity index (χ2n) is 4.82. The average molecular weight is 251 g/mol. The number of hydrogen-bond donors (Lipinski definition) is 2. The molecular formula is C13H21N3O2. The SMILES string of the molecule is CCc1cnc(CNC(=O)C2CCCC2CN)o1. The van der Waals surface area contributed by atoms with Crippen molar-refractivity contribution in [2.45, 2.75) is 39.2 Å². The minimum absolute atomic E-state index is 0.0654. The van der Waals surface area contributed by atoms with Crippen LogP contribution in [0.3, 0.4) is 0 Å². The Morgan fingerprint density at radius 3 is 3.11 bits per heavy atom. The van der Waals surface area contributed by atoms with Gasteiger partial charge in [0.2, 0.25) is 11.8 Å². The second kappa shape index (κ2) is 6.00. The molecule has 0 aliphatic heterocycles. The van der Waals surface area contributed by atoms with Crippen LogP contribution in [-0.2, 0) is 17.8 Å². The summed E-state index contributed by atoms with van der Waals surface area (Å²) in [7, 11) is 0. The molecule has 2 unspecified atom stereocenters. The highest BCUT2D eigenvalue weighted by atomic mass is 16.4. The fourth-order valence-corrected chi connectivity index (χ4v) is 2.55. The Balaban J connectivity index is 1.84. The molecule has 5 nitrogen and oxygen atoms in total. The Hall–Kier alpha value is -1.36. The van der Waals surface area contributed by atoms with E-state index in [1.54, 1.807) is 6.20 Å². The number of rotatable bonds is 5. The quantitative estimate of drug-likeness (QED) is 0.824. The third-order valence-electron chi connectivity index (χ3n) is 3.66. The van der Waals surface area contributed by atoms with Crippen LogP contribution in [0.25, 0.3) is 0 Å². The highest BCUT2D eigenvalue weighted by molar-refractivity contribution is 5.79. The monoisotopic (exact) mass is 251 g/mol. The molecule has 1 saturated carbocycles. The van der Waals surface area contributed by atoms with Crippen LogP contribution in [0.5, 0.6) is 0 Å². The molecule has 1 heterocycles. The number of carbonyl (C=O) groups excluding carboxylic acids is 1. The largest absolute Gasteiger partial charge is 0.444 e. The maximum atomic E-state index is 12.0. The average Bonchev–Trinajstić information content (AvgIpc) is 3.04. The first-order chi connectivity index (χ1) is 8.74. The van der Waals surface area contributed by atoms with Crippen LogP contribution >= 0.6 is 0 Å². The molecule has 2 atom stereocenters. The lowest BCUT2D eigenvalue weighted by Gasteiger charge is -2.16. The van der Waals surface area contributed by atoms with E-state index in [-0.39, 0.29) is 11.8 Å². The second-order valence-corrected chi connectivity index (χ2v) is 4.82. The van der Waals surface area contributed by atoms with Crippen LogP contribution in [-0.4, -0.2) is 17.4 Å². The molecule has 0 saturated heterocycles. The van der Waals surface area contributed by atoms with Gasteiger partial charge in [0, 0.05) is 12.3 Å². The minimum Gasteiger partial charge on any atom is -0.444 e. The molecule has 100 valence electrons. The highest BCUT2D eigenvalue weighted by Crippen LogP contribution is 2.30. The van der Waals surface area contributed by atoms with Crippen molar-refractivity contribution in [3.8, 4) is 0 Å². The standard InChI is InChI=1S/C13H21N3O2/c1-2-10-7-15-12(18-10)8-16-13(17)11-5-3-4-9(11)6-14/h7,9,11H,2-6,8,14H2,1H3,(H,16,17). The molecule has 5 heteroatoms. The van der Waals surface area contributed by atoms with Gasteiger partial charge in [-0.25, -0.2) is 4.98 Å². The Morgan fingerprint density at radius 1 is 1.61 bits per heavy atom. The van der Waals surface area contributed by atoms with Crippen molar-refractivity contribution < 1.29 is 9.21 Å². The highest BCUT2D eigenvalue weighted by Gasteiger charge is 2.31. The van der Waals surface area contributed by atoms with E-state index in [1.807, 2.05) is 6.92 Å². The molecule has 3 N–H and O–H groups in total. The number of nitrogens with one attached hydrogen (secondary N) is 1. The third-order valence-corrected chi connectivity index (χ3v) is 3.66. The van der Waals surface area contributed by atoms with Gasteiger partial charge in [0.25, 0.3) is 0 Å². The molecule has 1 aliphatic carbocycles. The maximum Gasteiger partial charge on any atom is 0.223 e. The molecule has 1 aromatic rings. The molecule has 1 fully saturated rings. The lowest BCUT2D eigenvalue weighted by atomic mass is 9.95. The van der Waals surface area contributed by atoms with Crippen molar-refractivity contribution in [1.82, 2.24) is 10.3 Å². The Morgan fingerprint density at radius 2 is 2.44 bits per heavy atom. The smallest absolute Gasteiger partial charge is 0.223 e. The number of nitrogens with two attached hydrogens (primary N) is 1. The Bertz CT molecular complexity index is 403. The van der Waals surface area contributed by atoms with Gasteiger partial charge in [-0.3, -0.25) is 4.79 Å². The van der Waals surface area contributed by atoms with E-state index in [4.69, 9.17) is 10.2 Å². The van der Waals surface area contributed by atoms with E-state index < -0.39 is 0 Å². The number of carbonyl (C=O) groups is 1. The lowest BCUT2D eigenvalue weighted by molar-refractivity contribution is -0.126. The summed E-state index contributed by atoms with van der Waals surface area (Å²) in [6.45, 7) is 2.97. The van der Waals surface area contributed by atoms with Gasteiger partial charge in [-0.05, 0) is 25.3 Å². The maximum absolute atomic E-state index is 12.0. The molecule has 0 radical (unpaired) electrons. The molecular weight excluding hydrogens is 230 g/mol. The number of hydrogen-bond acceptors (Lipinski definition) is 4. The third kappa shape index (κ3) is 2.90. The Kier molecular flexibility index (Phi) is 4.36. The van der Waals surface area contributed by atoms with Crippen molar-refractivity contribution in [2.24, 2.45) is 17.6 Å². The predicted octanol–water partition coefficient (Wildman–Crippen LogP) is 1.23. The first-order valence-electron chi connectivity index (χ1n) is 6.66. The van der Waals surface area contributed by atoms with Crippen molar-refractivity contribution in [3.05, 3.63) is 17.8 Å². The zero-order chi connectivity index (χ0) is 13.0. The predicted molar refractivity (Wildman–Crippen MR) is 67.6 cm³/mol. The summed E-state index contributed by atoms with van der Waals surface area (Å²) in [4.78, 5) is 16.1. The van der Waals surface area contributed by atoms with Crippen molar-refractivity contribution in [2.75, 3.05) is 6.54 Å². The van der Waals surface area contributed by atoms with E-state index in [0.717, 1.165) is 31.4 Å². The van der Waals surface area contributed by atoms with E-state index in [0.29, 0.717) is 24.9 Å². The summed E-state index contributed by atoms with van der Waals surface area (Å²) >= 11 is 0. The van der Waals surface area contributed by atoms with Crippen molar-refractivity contribution >= 4 is 5.91 Å². The van der Waals surface area contributed by atoms with E-state index >= 15 is 0 Å². The number of aromatic nitrogens is 1. The number of aryl methyl sites for hydroxylation is 1. The van der Waals surface area contributed by atoms with Crippen LogP contribution in [0, 0.1) is 11.8 Å². The van der Waals surface area contributed by atoms with Gasteiger partial charge >= 0.3 is 0 Å². The summed E-state index contributed by atoms with van der Waals surface area (Å²) < 4.78 is 5.45. The molecule has 0 aromatic carbocycles. The van der Waals surface area contributed by atoms with Gasteiger partial charge in [-0.15, -0.1) is 0 Å². The van der Waals surface area contributed by atoms with Gasteiger partial charge in [0.15, 0.2) is 0 Å². The van der Waals surface area contributed by atoms with Gasteiger partial charge in [0.1, 0.15) is 5.76 Å².